The van der Waals surface area contributed by atoms with Crippen molar-refractivity contribution in [3.05, 3.63) is 28.6 Å². The van der Waals surface area contributed by atoms with Gasteiger partial charge in [-0.1, -0.05) is 12.1 Å². The van der Waals surface area contributed by atoms with E-state index in [9.17, 15) is 13.6 Å². The SMILES string of the molecule is Cc1ccc2c(N)c(C(=O)N(C)CC(F)F)sc2c1. The van der Waals surface area contributed by atoms with Gasteiger partial charge in [-0.15, -0.1) is 11.3 Å². The van der Waals surface area contributed by atoms with Crippen molar-refractivity contribution in [3.8, 4) is 0 Å². The second-order valence-corrected chi connectivity index (χ2v) is 5.47. The fourth-order valence-corrected chi connectivity index (χ4v) is 3.06. The Hall–Kier alpha value is -1.69. The Bertz CT molecular complexity index is 624. The van der Waals surface area contributed by atoms with E-state index in [1.54, 1.807) is 0 Å². The molecule has 0 unspecified atom stereocenters. The van der Waals surface area contributed by atoms with Crippen molar-refractivity contribution in [2.45, 2.75) is 13.3 Å². The smallest absolute Gasteiger partial charge is 0.266 e. The van der Waals surface area contributed by atoms with E-state index in [0.29, 0.717) is 10.6 Å². The second-order valence-electron chi connectivity index (χ2n) is 4.42. The van der Waals surface area contributed by atoms with Crippen molar-refractivity contribution in [3.63, 3.8) is 0 Å². The number of fused-ring (bicyclic) bond motifs is 1. The average Bonchev–Trinajstić information content (AvgIpc) is 2.64. The zero-order valence-corrected chi connectivity index (χ0v) is 11.4. The molecule has 6 heteroatoms. The number of rotatable bonds is 3. The predicted octanol–water partition coefficient (Wildman–Crippen LogP) is 3.13. The minimum atomic E-state index is -2.55. The maximum absolute atomic E-state index is 12.3. The Morgan fingerprint density at radius 2 is 2.16 bits per heavy atom. The van der Waals surface area contributed by atoms with Crippen LogP contribution < -0.4 is 5.73 Å². The standard InChI is InChI=1S/C13H14F2N2OS/c1-7-3-4-8-9(5-7)19-12(11(8)16)13(18)17(2)6-10(14)15/h3-5,10H,6,16H2,1-2H3. The first-order valence-electron chi connectivity index (χ1n) is 5.72. The number of carbonyl (C=O) groups excluding carboxylic acids is 1. The molecule has 2 rings (SSSR count). The molecule has 0 bridgehead atoms. The first-order valence-corrected chi connectivity index (χ1v) is 6.54. The van der Waals surface area contributed by atoms with Crippen LogP contribution in [0.15, 0.2) is 18.2 Å². The topological polar surface area (TPSA) is 46.3 Å². The molecule has 2 aromatic rings. The molecule has 0 fully saturated rings. The number of alkyl halides is 2. The average molecular weight is 284 g/mol. The van der Waals surface area contributed by atoms with Crippen molar-refractivity contribution >= 4 is 33.0 Å². The van der Waals surface area contributed by atoms with Crippen LogP contribution in [0.3, 0.4) is 0 Å². The highest BCUT2D eigenvalue weighted by Crippen LogP contribution is 2.34. The molecule has 0 aliphatic carbocycles. The van der Waals surface area contributed by atoms with Crippen LogP contribution in [-0.4, -0.2) is 30.8 Å². The number of aryl methyl sites for hydroxylation is 1. The summed E-state index contributed by atoms with van der Waals surface area (Å²) in [5, 5.41) is 0.796. The van der Waals surface area contributed by atoms with Crippen LogP contribution in [0.2, 0.25) is 0 Å². The Kier molecular flexibility index (Phi) is 3.71. The van der Waals surface area contributed by atoms with Gasteiger partial charge in [0.2, 0.25) is 0 Å². The van der Waals surface area contributed by atoms with Crippen molar-refractivity contribution < 1.29 is 13.6 Å². The number of thiophene rings is 1. The van der Waals surface area contributed by atoms with Crippen LogP contribution in [0.1, 0.15) is 15.2 Å². The van der Waals surface area contributed by atoms with Gasteiger partial charge in [0.25, 0.3) is 12.3 Å². The molecule has 3 nitrogen and oxygen atoms in total. The minimum absolute atomic E-state index is 0.323. The molecular weight excluding hydrogens is 270 g/mol. The minimum Gasteiger partial charge on any atom is -0.397 e. The molecule has 19 heavy (non-hydrogen) atoms. The Balaban J connectivity index is 2.40. The molecule has 102 valence electrons. The van der Waals surface area contributed by atoms with Gasteiger partial charge in [0, 0.05) is 17.1 Å². The zero-order valence-electron chi connectivity index (χ0n) is 10.6. The molecule has 0 aliphatic heterocycles. The summed E-state index contributed by atoms with van der Waals surface area (Å²) in [6, 6.07) is 5.68. The zero-order chi connectivity index (χ0) is 14.2. The highest BCUT2D eigenvalue weighted by Gasteiger charge is 2.21. The fraction of sp³-hybridized carbons (Fsp3) is 0.308. The molecule has 1 amide bonds. The third-order valence-corrected chi connectivity index (χ3v) is 3.99. The van der Waals surface area contributed by atoms with Crippen LogP contribution >= 0.6 is 11.3 Å². The number of nitrogen functional groups attached to an aromatic ring is 1. The highest BCUT2D eigenvalue weighted by molar-refractivity contribution is 7.21. The number of halogens is 2. The van der Waals surface area contributed by atoms with Gasteiger partial charge in [-0.25, -0.2) is 8.78 Å². The molecule has 0 saturated carbocycles. The van der Waals surface area contributed by atoms with E-state index in [1.165, 1.54) is 18.4 Å². The van der Waals surface area contributed by atoms with Crippen LogP contribution in [0, 0.1) is 6.92 Å². The monoisotopic (exact) mass is 284 g/mol. The van der Waals surface area contributed by atoms with Crippen LogP contribution in [0.25, 0.3) is 10.1 Å². The molecule has 1 aromatic carbocycles. The largest absolute Gasteiger partial charge is 0.397 e. The number of benzene rings is 1. The van der Waals surface area contributed by atoms with Crippen molar-refractivity contribution in [2.24, 2.45) is 0 Å². The number of anilines is 1. The van der Waals surface area contributed by atoms with Crippen molar-refractivity contribution in [1.29, 1.82) is 0 Å². The van der Waals surface area contributed by atoms with Crippen molar-refractivity contribution in [2.75, 3.05) is 19.3 Å². The van der Waals surface area contributed by atoms with Gasteiger partial charge in [0.1, 0.15) is 4.88 Å². The lowest BCUT2D eigenvalue weighted by atomic mass is 10.1. The first kappa shape index (κ1) is 13.7. The van der Waals surface area contributed by atoms with Gasteiger partial charge in [-0.05, 0) is 18.6 Å². The molecule has 1 aromatic heterocycles. The Labute approximate surface area is 113 Å². The summed E-state index contributed by atoms with van der Waals surface area (Å²) in [6.45, 7) is 1.35. The number of nitrogens with two attached hydrogens (primary N) is 1. The van der Waals surface area contributed by atoms with E-state index >= 15 is 0 Å². The summed E-state index contributed by atoms with van der Waals surface area (Å²) < 4.78 is 25.5. The van der Waals surface area contributed by atoms with Crippen molar-refractivity contribution in [1.82, 2.24) is 4.90 Å². The highest BCUT2D eigenvalue weighted by atomic mass is 32.1. The summed E-state index contributed by atoms with van der Waals surface area (Å²) in [5.41, 5.74) is 7.36. The lowest BCUT2D eigenvalue weighted by Gasteiger charge is -2.15. The van der Waals surface area contributed by atoms with Crippen LogP contribution in [0.5, 0.6) is 0 Å². The van der Waals surface area contributed by atoms with Gasteiger partial charge in [-0.2, -0.15) is 0 Å². The van der Waals surface area contributed by atoms with Crippen LogP contribution in [-0.2, 0) is 0 Å². The maximum atomic E-state index is 12.3. The Morgan fingerprint density at radius 3 is 2.79 bits per heavy atom. The summed E-state index contributed by atoms with van der Waals surface area (Å²) in [6.07, 6.45) is -2.55. The molecule has 0 aliphatic rings. The lowest BCUT2D eigenvalue weighted by molar-refractivity contribution is 0.0625. The quantitative estimate of drug-likeness (QED) is 0.941. The lowest BCUT2D eigenvalue weighted by Crippen LogP contribution is -2.31. The molecular formula is C13H14F2N2OS. The Morgan fingerprint density at radius 1 is 1.47 bits per heavy atom. The molecule has 2 N–H and O–H groups in total. The summed E-state index contributed by atoms with van der Waals surface area (Å²) >= 11 is 1.24. The maximum Gasteiger partial charge on any atom is 0.266 e. The molecule has 0 saturated heterocycles. The van der Waals surface area contributed by atoms with Gasteiger partial charge in [0.05, 0.1) is 12.2 Å². The second kappa shape index (κ2) is 5.13. The summed E-state index contributed by atoms with van der Waals surface area (Å²) in [5.74, 6) is -0.461. The van der Waals surface area contributed by atoms with Gasteiger partial charge >= 0.3 is 0 Å². The third-order valence-electron chi connectivity index (χ3n) is 2.84. The van der Waals surface area contributed by atoms with E-state index in [1.807, 2.05) is 25.1 Å². The normalized spacial score (nSPS) is 11.2. The van der Waals surface area contributed by atoms with Crippen LogP contribution in [0.4, 0.5) is 14.5 Å². The first-order chi connectivity index (χ1) is 8.90. The number of carbonyl (C=O) groups is 1. The number of amides is 1. The number of hydrogen-bond acceptors (Lipinski definition) is 3. The summed E-state index contributed by atoms with van der Waals surface area (Å²) in [7, 11) is 1.35. The van der Waals surface area contributed by atoms with Gasteiger partial charge < -0.3 is 10.6 Å². The predicted molar refractivity (Wildman–Crippen MR) is 73.9 cm³/mol. The van der Waals surface area contributed by atoms with E-state index in [-0.39, 0.29) is 0 Å². The fourth-order valence-electron chi connectivity index (χ4n) is 1.85. The number of hydrogen-bond donors (Lipinski definition) is 1. The summed E-state index contributed by atoms with van der Waals surface area (Å²) in [4.78, 5) is 13.4. The molecule has 0 radical (unpaired) electrons. The van der Waals surface area contributed by atoms with Gasteiger partial charge in [-0.3, -0.25) is 4.79 Å². The van der Waals surface area contributed by atoms with E-state index in [0.717, 1.165) is 20.5 Å². The molecule has 0 atom stereocenters. The molecule has 1 heterocycles. The van der Waals surface area contributed by atoms with E-state index < -0.39 is 18.9 Å². The molecule has 0 spiro atoms. The van der Waals surface area contributed by atoms with E-state index in [4.69, 9.17) is 5.73 Å². The van der Waals surface area contributed by atoms with Gasteiger partial charge in [0.15, 0.2) is 0 Å². The third kappa shape index (κ3) is 2.68. The van der Waals surface area contributed by atoms with E-state index in [2.05, 4.69) is 0 Å². The number of nitrogens with zero attached hydrogens (tertiary/aromatic N) is 1.